The lowest BCUT2D eigenvalue weighted by Crippen LogP contribution is -2.60. The molecule has 0 bridgehead atoms. The highest BCUT2D eigenvalue weighted by Gasteiger charge is 2.61. The molecule has 1 unspecified atom stereocenters. The van der Waals surface area contributed by atoms with Crippen molar-refractivity contribution in [1.82, 2.24) is 4.90 Å². The molecule has 6 nitrogen and oxygen atoms in total. The summed E-state index contributed by atoms with van der Waals surface area (Å²) in [4.78, 5) is 29.3. The maximum atomic E-state index is 13.1. The molecule has 1 aromatic carbocycles. The molecule has 2 spiro atoms. The molecule has 0 radical (unpaired) electrons. The van der Waals surface area contributed by atoms with E-state index in [1.165, 1.54) is 0 Å². The lowest BCUT2D eigenvalue weighted by atomic mass is 9.90. The summed E-state index contributed by atoms with van der Waals surface area (Å²) >= 11 is 0. The van der Waals surface area contributed by atoms with Crippen LogP contribution in [0.4, 0.5) is 10.5 Å². The zero-order chi connectivity index (χ0) is 20.0. The van der Waals surface area contributed by atoms with E-state index in [4.69, 9.17) is 9.47 Å². The van der Waals surface area contributed by atoms with Gasteiger partial charge in [-0.1, -0.05) is 18.2 Å². The van der Waals surface area contributed by atoms with Crippen LogP contribution in [-0.2, 0) is 14.3 Å². The maximum Gasteiger partial charge on any atom is 0.410 e. The van der Waals surface area contributed by atoms with Gasteiger partial charge >= 0.3 is 6.09 Å². The molecule has 2 aliphatic heterocycles. The summed E-state index contributed by atoms with van der Waals surface area (Å²) < 4.78 is 12.1. The number of nitrogens with zero attached hydrogens (tertiary/aromatic N) is 2. The molecule has 2 heterocycles. The summed E-state index contributed by atoms with van der Waals surface area (Å²) in [5, 5.41) is 0. The Morgan fingerprint density at radius 1 is 1.07 bits per heavy atom. The molecule has 4 rings (SSSR count). The Balaban J connectivity index is 1.53. The average molecular weight is 386 g/mol. The highest BCUT2D eigenvalue weighted by atomic mass is 16.6. The van der Waals surface area contributed by atoms with Gasteiger partial charge in [0.05, 0.1) is 12.1 Å². The monoisotopic (exact) mass is 386 g/mol. The third kappa shape index (κ3) is 3.75. The molecule has 1 atom stereocenters. The first-order chi connectivity index (χ1) is 13.2. The Hall–Kier alpha value is -2.08. The fourth-order valence-corrected chi connectivity index (χ4v) is 4.28. The van der Waals surface area contributed by atoms with Crippen molar-refractivity contribution in [1.29, 1.82) is 0 Å². The number of likely N-dealkylation sites (tertiary alicyclic amines) is 1. The highest BCUT2D eigenvalue weighted by molar-refractivity contribution is 6.02. The van der Waals surface area contributed by atoms with Gasteiger partial charge in [-0.2, -0.15) is 0 Å². The number of para-hydroxylation sites is 1. The predicted molar refractivity (Wildman–Crippen MR) is 106 cm³/mol. The van der Waals surface area contributed by atoms with E-state index in [1.807, 2.05) is 56.0 Å². The van der Waals surface area contributed by atoms with Crippen LogP contribution in [0, 0.1) is 0 Å². The van der Waals surface area contributed by atoms with E-state index in [2.05, 4.69) is 0 Å². The second-order valence-corrected chi connectivity index (χ2v) is 9.33. The van der Waals surface area contributed by atoms with E-state index in [0.29, 0.717) is 26.1 Å². The fourth-order valence-electron chi connectivity index (χ4n) is 4.28. The normalized spacial score (nSPS) is 27.0. The zero-order valence-corrected chi connectivity index (χ0v) is 17.1. The van der Waals surface area contributed by atoms with E-state index >= 15 is 0 Å². The summed E-state index contributed by atoms with van der Waals surface area (Å²) in [5.74, 6) is 0.0811. The van der Waals surface area contributed by atoms with Crippen molar-refractivity contribution < 1.29 is 19.1 Å². The van der Waals surface area contributed by atoms with Crippen molar-refractivity contribution in [2.75, 3.05) is 24.5 Å². The topological polar surface area (TPSA) is 59.1 Å². The first kappa shape index (κ1) is 19.2. The molecule has 0 N–H and O–H groups in total. The van der Waals surface area contributed by atoms with Gasteiger partial charge in [0.15, 0.2) is 0 Å². The minimum atomic E-state index is -0.658. The summed E-state index contributed by atoms with van der Waals surface area (Å²) in [5.41, 5.74) is -0.641. The summed E-state index contributed by atoms with van der Waals surface area (Å²) in [6.45, 7) is 7.44. The molecule has 3 fully saturated rings. The number of carbonyl (C=O) groups excluding carboxylic acids is 2. The molecule has 6 heteroatoms. The van der Waals surface area contributed by atoms with Crippen LogP contribution in [0.3, 0.4) is 0 Å². The Morgan fingerprint density at radius 2 is 1.79 bits per heavy atom. The lowest BCUT2D eigenvalue weighted by Gasteiger charge is -2.46. The third-order valence-electron chi connectivity index (χ3n) is 5.81. The molecule has 2 saturated heterocycles. The van der Waals surface area contributed by atoms with Crippen molar-refractivity contribution in [3.63, 3.8) is 0 Å². The van der Waals surface area contributed by atoms with Crippen LogP contribution in [0.15, 0.2) is 30.3 Å². The number of rotatable bonds is 1. The van der Waals surface area contributed by atoms with E-state index < -0.39 is 16.8 Å². The number of amides is 2. The van der Waals surface area contributed by atoms with Gasteiger partial charge in [0.2, 0.25) is 0 Å². The number of benzene rings is 1. The van der Waals surface area contributed by atoms with Crippen LogP contribution >= 0.6 is 0 Å². The standard InChI is InChI=1S/C22H30N2O4/c1-20(2,3)27-19(26)23-14-7-10-21(13-15-23)16-24(17-8-5-4-6-9-17)18(25)22(28-21)11-12-22/h4-6,8-9H,7,10-16H2,1-3H3. The largest absolute Gasteiger partial charge is 0.444 e. The zero-order valence-electron chi connectivity index (χ0n) is 17.1. The predicted octanol–water partition coefficient (Wildman–Crippen LogP) is 3.74. The van der Waals surface area contributed by atoms with Gasteiger partial charge < -0.3 is 19.3 Å². The van der Waals surface area contributed by atoms with Crippen molar-refractivity contribution in [3.8, 4) is 0 Å². The molecule has 1 aromatic rings. The van der Waals surface area contributed by atoms with Crippen molar-refractivity contribution >= 4 is 17.7 Å². The molecule has 3 aliphatic rings. The van der Waals surface area contributed by atoms with E-state index in [-0.39, 0.29) is 12.0 Å². The van der Waals surface area contributed by atoms with Gasteiger partial charge in [0, 0.05) is 18.8 Å². The Kier molecular flexibility index (Phi) is 4.65. The van der Waals surface area contributed by atoms with Gasteiger partial charge in [-0.3, -0.25) is 4.79 Å². The smallest absolute Gasteiger partial charge is 0.410 e. The Morgan fingerprint density at radius 3 is 2.43 bits per heavy atom. The number of hydrogen-bond acceptors (Lipinski definition) is 4. The summed E-state index contributed by atoms with van der Waals surface area (Å²) in [6, 6.07) is 9.85. The Bertz CT molecular complexity index is 754. The highest BCUT2D eigenvalue weighted by Crippen LogP contribution is 2.50. The minimum absolute atomic E-state index is 0.0811. The lowest BCUT2D eigenvalue weighted by molar-refractivity contribution is -0.165. The molecular formula is C22H30N2O4. The Labute approximate surface area is 166 Å². The SMILES string of the molecule is CC(C)(C)OC(=O)N1CCCC2(CC1)CN(c1ccccc1)C(=O)C1(CC1)O2. The average Bonchev–Trinajstić information content (AvgIpc) is 3.43. The minimum Gasteiger partial charge on any atom is -0.444 e. The van der Waals surface area contributed by atoms with Gasteiger partial charge in [-0.05, 0) is 65.0 Å². The first-order valence-corrected chi connectivity index (χ1v) is 10.3. The molecule has 152 valence electrons. The van der Waals surface area contributed by atoms with Crippen LogP contribution in [0.2, 0.25) is 0 Å². The second kappa shape index (κ2) is 6.76. The number of hydrogen-bond donors (Lipinski definition) is 0. The number of morpholine rings is 1. The molecule has 1 aliphatic carbocycles. The number of ether oxygens (including phenoxy) is 2. The van der Waals surface area contributed by atoms with Gasteiger partial charge in [0.1, 0.15) is 11.2 Å². The molecule has 2 amide bonds. The van der Waals surface area contributed by atoms with E-state index in [0.717, 1.165) is 31.4 Å². The van der Waals surface area contributed by atoms with Crippen LogP contribution in [0.5, 0.6) is 0 Å². The quantitative estimate of drug-likeness (QED) is 0.738. The van der Waals surface area contributed by atoms with Crippen LogP contribution in [0.25, 0.3) is 0 Å². The number of anilines is 1. The van der Waals surface area contributed by atoms with Crippen LogP contribution < -0.4 is 4.90 Å². The molecule has 28 heavy (non-hydrogen) atoms. The summed E-state index contributed by atoms with van der Waals surface area (Å²) in [7, 11) is 0. The van der Waals surface area contributed by atoms with Crippen molar-refractivity contribution in [2.45, 2.75) is 69.7 Å². The third-order valence-corrected chi connectivity index (χ3v) is 5.81. The van der Waals surface area contributed by atoms with Gasteiger partial charge in [0.25, 0.3) is 5.91 Å². The van der Waals surface area contributed by atoms with Crippen LogP contribution in [-0.4, -0.2) is 53.3 Å². The fraction of sp³-hybridized carbons (Fsp3) is 0.636. The van der Waals surface area contributed by atoms with E-state index in [9.17, 15) is 9.59 Å². The maximum absolute atomic E-state index is 13.1. The first-order valence-electron chi connectivity index (χ1n) is 10.3. The van der Waals surface area contributed by atoms with Crippen molar-refractivity contribution in [3.05, 3.63) is 30.3 Å². The van der Waals surface area contributed by atoms with Gasteiger partial charge in [-0.15, -0.1) is 0 Å². The molecular weight excluding hydrogens is 356 g/mol. The number of carbonyl (C=O) groups is 2. The molecule has 0 aromatic heterocycles. The van der Waals surface area contributed by atoms with Crippen molar-refractivity contribution in [2.24, 2.45) is 0 Å². The van der Waals surface area contributed by atoms with Crippen LogP contribution in [0.1, 0.15) is 52.9 Å². The van der Waals surface area contributed by atoms with E-state index in [1.54, 1.807) is 4.90 Å². The summed E-state index contributed by atoms with van der Waals surface area (Å²) in [6.07, 6.45) is 3.69. The second-order valence-electron chi connectivity index (χ2n) is 9.33. The van der Waals surface area contributed by atoms with Gasteiger partial charge in [-0.25, -0.2) is 4.79 Å². The molecule has 1 saturated carbocycles.